The largest absolute Gasteiger partial charge is 0.396 e. The zero-order valence-corrected chi connectivity index (χ0v) is 8.74. The first-order chi connectivity index (χ1) is 6.79. The SMILES string of the molecule is O=C(CCCO)CC1CC2CCC1C2. The average Bonchev–Trinajstić information content (AvgIpc) is 2.76. The van der Waals surface area contributed by atoms with Crippen LogP contribution >= 0.6 is 0 Å². The van der Waals surface area contributed by atoms with E-state index in [2.05, 4.69) is 0 Å². The van der Waals surface area contributed by atoms with Crippen molar-refractivity contribution in [2.45, 2.75) is 44.9 Å². The first kappa shape index (κ1) is 10.2. The number of hydrogen-bond acceptors (Lipinski definition) is 2. The maximum Gasteiger partial charge on any atom is 0.133 e. The van der Waals surface area contributed by atoms with Gasteiger partial charge in [-0.15, -0.1) is 0 Å². The molecule has 2 nitrogen and oxygen atoms in total. The minimum atomic E-state index is 0.155. The van der Waals surface area contributed by atoms with Crippen LogP contribution in [0.15, 0.2) is 0 Å². The summed E-state index contributed by atoms with van der Waals surface area (Å²) >= 11 is 0. The number of carbonyl (C=O) groups excluding carboxylic acids is 1. The molecule has 2 rings (SSSR count). The second-order valence-electron chi connectivity index (χ2n) is 5.00. The summed E-state index contributed by atoms with van der Waals surface area (Å²) in [5.41, 5.74) is 0. The van der Waals surface area contributed by atoms with Gasteiger partial charge in [-0.3, -0.25) is 4.79 Å². The van der Waals surface area contributed by atoms with E-state index in [1.165, 1.54) is 25.7 Å². The Morgan fingerprint density at radius 1 is 1.29 bits per heavy atom. The van der Waals surface area contributed by atoms with Gasteiger partial charge in [-0.2, -0.15) is 0 Å². The molecular weight excluding hydrogens is 176 g/mol. The predicted octanol–water partition coefficient (Wildman–Crippen LogP) is 2.15. The topological polar surface area (TPSA) is 37.3 Å². The van der Waals surface area contributed by atoms with E-state index >= 15 is 0 Å². The lowest BCUT2D eigenvalue weighted by Crippen LogP contribution is -2.15. The molecule has 0 aliphatic heterocycles. The number of ketones is 1. The van der Waals surface area contributed by atoms with Crippen molar-refractivity contribution in [1.29, 1.82) is 0 Å². The van der Waals surface area contributed by atoms with E-state index in [9.17, 15) is 4.79 Å². The van der Waals surface area contributed by atoms with Crippen LogP contribution in [-0.4, -0.2) is 17.5 Å². The van der Waals surface area contributed by atoms with Gasteiger partial charge >= 0.3 is 0 Å². The Hall–Kier alpha value is -0.370. The zero-order chi connectivity index (χ0) is 9.97. The summed E-state index contributed by atoms with van der Waals surface area (Å²) in [6.45, 7) is 0.155. The van der Waals surface area contributed by atoms with Gasteiger partial charge in [-0.1, -0.05) is 6.42 Å². The van der Waals surface area contributed by atoms with E-state index < -0.39 is 0 Å². The van der Waals surface area contributed by atoms with Gasteiger partial charge in [-0.25, -0.2) is 0 Å². The van der Waals surface area contributed by atoms with E-state index in [0.717, 1.165) is 18.3 Å². The first-order valence-corrected chi connectivity index (χ1v) is 5.92. The molecule has 0 amide bonds. The van der Waals surface area contributed by atoms with Gasteiger partial charge in [0.1, 0.15) is 5.78 Å². The number of fused-ring (bicyclic) bond motifs is 2. The van der Waals surface area contributed by atoms with E-state index in [1.807, 2.05) is 0 Å². The van der Waals surface area contributed by atoms with Gasteiger partial charge < -0.3 is 5.11 Å². The fourth-order valence-corrected chi connectivity index (χ4v) is 3.30. The molecule has 14 heavy (non-hydrogen) atoms. The lowest BCUT2D eigenvalue weighted by molar-refractivity contribution is -0.120. The fourth-order valence-electron chi connectivity index (χ4n) is 3.30. The molecule has 2 bridgehead atoms. The number of hydrogen-bond donors (Lipinski definition) is 1. The van der Waals surface area contributed by atoms with Crippen molar-refractivity contribution in [2.24, 2.45) is 17.8 Å². The summed E-state index contributed by atoms with van der Waals surface area (Å²) in [6.07, 6.45) is 7.49. The standard InChI is InChI=1S/C12H20O2/c13-5-1-2-12(14)8-11-7-9-3-4-10(11)6-9/h9-11,13H,1-8H2. The van der Waals surface area contributed by atoms with Crippen molar-refractivity contribution in [1.82, 2.24) is 0 Å². The van der Waals surface area contributed by atoms with Crippen LogP contribution < -0.4 is 0 Å². The van der Waals surface area contributed by atoms with E-state index in [0.29, 0.717) is 24.5 Å². The molecule has 0 aromatic rings. The van der Waals surface area contributed by atoms with Crippen molar-refractivity contribution in [3.63, 3.8) is 0 Å². The third-order valence-electron chi connectivity index (χ3n) is 3.99. The molecule has 0 heterocycles. The maximum absolute atomic E-state index is 11.5. The molecule has 2 aliphatic carbocycles. The van der Waals surface area contributed by atoms with Crippen molar-refractivity contribution in [3.8, 4) is 0 Å². The predicted molar refractivity (Wildman–Crippen MR) is 54.9 cm³/mol. The van der Waals surface area contributed by atoms with Crippen LogP contribution in [0.4, 0.5) is 0 Å². The molecule has 0 spiro atoms. The Kier molecular flexibility index (Phi) is 3.22. The highest BCUT2D eigenvalue weighted by Crippen LogP contribution is 2.49. The Labute approximate surface area is 85.7 Å². The van der Waals surface area contributed by atoms with Crippen LogP contribution in [0.3, 0.4) is 0 Å². The number of Topliss-reactive ketones (excluding diaryl/α,β-unsaturated/α-hetero) is 1. The third kappa shape index (κ3) is 2.17. The number of carbonyl (C=O) groups is 1. The van der Waals surface area contributed by atoms with Crippen LogP contribution in [0, 0.1) is 17.8 Å². The van der Waals surface area contributed by atoms with Gasteiger partial charge in [0.15, 0.2) is 0 Å². The van der Waals surface area contributed by atoms with Crippen LogP contribution in [0.2, 0.25) is 0 Å². The van der Waals surface area contributed by atoms with Crippen LogP contribution in [0.25, 0.3) is 0 Å². The number of aliphatic hydroxyl groups is 1. The zero-order valence-electron chi connectivity index (χ0n) is 8.74. The second-order valence-corrected chi connectivity index (χ2v) is 5.00. The summed E-state index contributed by atoms with van der Waals surface area (Å²) in [7, 11) is 0. The van der Waals surface area contributed by atoms with E-state index in [4.69, 9.17) is 5.11 Å². The molecule has 3 unspecified atom stereocenters. The van der Waals surface area contributed by atoms with Crippen LogP contribution in [-0.2, 0) is 4.79 Å². The molecule has 2 fully saturated rings. The monoisotopic (exact) mass is 196 g/mol. The molecule has 0 radical (unpaired) electrons. The lowest BCUT2D eigenvalue weighted by Gasteiger charge is -2.20. The Balaban J connectivity index is 1.73. The molecule has 3 atom stereocenters. The molecule has 2 aliphatic rings. The van der Waals surface area contributed by atoms with Crippen LogP contribution in [0.1, 0.15) is 44.9 Å². The quantitative estimate of drug-likeness (QED) is 0.731. The van der Waals surface area contributed by atoms with Gasteiger partial charge in [0, 0.05) is 19.4 Å². The van der Waals surface area contributed by atoms with Crippen molar-refractivity contribution in [2.75, 3.05) is 6.61 Å². The summed E-state index contributed by atoms with van der Waals surface area (Å²) in [6, 6.07) is 0. The summed E-state index contributed by atoms with van der Waals surface area (Å²) in [4.78, 5) is 11.5. The van der Waals surface area contributed by atoms with E-state index in [-0.39, 0.29) is 6.61 Å². The Morgan fingerprint density at radius 3 is 2.71 bits per heavy atom. The van der Waals surface area contributed by atoms with Crippen LogP contribution in [0.5, 0.6) is 0 Å². The number of aliphatic hydroxyl groups excluding tert-OH is 1. The molecule has 1 N–H and O–H groups in total. The molecule has 0 aromatic heterocycles. The minimum absolute atomic E-state index is 0.155. The highest BCUT2D eigenvalue weighted by Gasteiger charge is 2.39. The minimum Gasteiger partial charge on any atom is -0.396 e. The summed E-state index contributed by atoms with van der Waals surface area (Å²) in [5, 5.41) is 8.63. The Bertz CT molecular complexity index is 212. The summed E-state index contributed by atoms with van der Waals surface area (Å²) < 4.78 is 0. The first-order valence-electron chi connectivity index (χ1n) is 5.92. The van der Waals surface area contributed by atoms with Gasteiger partial charge in [0.2, 0.25) is 0 Å². The maximum atomic E-state index is 11.5. The van der Waals surface area contributed by atoms with Gasteiger partial charge in [0.25, 0.3) is 0 Å². The van der Waals surface area contributed by atoms with Gasteiger partial charge in [0.05, 0.1) is 0 Å². The molecular formula is C12H20O2. The van der Waals surface area contributed by atoms with Crippen molar-refractivity contribution in [3.05, 3.63) is 0 Å². The second kappa shape index (κ2) is 4.43. The molecule has 0 aromatic carbocycles. The average molecular weight is 196 g/mol. The lowest BCUT2D eigenvalue weighted by atomic mass is 9.85. The van der Waals surface area contributed by atoms with Gasteiger partial charge in [-0.05, 0) is 43.4 Å². The van der Waals surface area contributed by atoms with E-state index in [1.54, 1.807) is 0 Å². The smallest absolute Gasteiger partial charge is 0.133 e. The third-order valence-corrected chi connectivity index (χ3v) is 3.99. The number of rotatable bonds is 5. The summed E-state index contributed by atoms with van der Waals surface area (Å²) in [5.74, 6) is 2.87. The molecule has 0 saturated heterocycles. The van der Waals surface area contributed by atoms with Crippen molar-refractivity contribution >= 4 is 5.78 Å². The fraction of sp³-hybridized carbons (Fsp3) is 0.917. The highest BCUT2D eigenvalue weighted by molar-refractivity contribution is 5.78. The normalized spacial score (nSPS) is 35.1. The highest BCUT2D eigenvalue weighted by atomic mass is 16.3. The van der Waals surface area contributed by atoms with Crippen molar-refractivity contribution < 1.29 is 9.90 Å². The Morgan fingerprint density at radius 2 is 2.14 bits per heavy atom. The molecule has 2 heteroatoms. The molecule has 2 saturated carbocycles. The molecule has 80 valence electrons.